The van der Waals surface area contributed by atoms with Crippen LogP contribution in [0.5, 0.6) is 0 Å². The molecule has 8 nitrogen and oxygen atoms in total. The Morgan fingerprint density at radius 2 is 1.96 bits per heavy atom. The van der Waals surface area contributed by atoms with E-state index < -0.39 is 23.0 Å². The van der Waals surface area contributed by atoms with Crippen molar-refractivity contribution in [2.24, 2.45) is 0 Å². The second-order valence-corrected chi connectivity index (χ2v) is 8.04. The highest BCUT2D eigenvalue weighted by molar-refractivity contribution is 7.80. The summed E-state index contributed by atoms with van der Waals surface area (Å²) in [5.41, 5.74) is 10.7. The van der Waals surface area contributed by atoms with Gasteiger partial charge < -0.3 is 10.5 Å². The Balaban J connectivity index is 2.25. The maximum Gasteiger partial charge on any atom is 0.429 e. The van der Waals surface area contributed by atoms with Crippen molar-refractivity contribution in [3.8, 4) is 0 Å². The van der Waals surface area contributed by atoms with Crippen molar-refractivity contribution in [3.63, 3.8) is 0 Å². The fourth-order valence-electron chi connectivity index (χ4n) is 2.61. The number of nitrogens with two attached hydrogens (primary N) is 1. The van der Waals surface area contributed by atoms with Crippen molar-refractivity contribution in [1.82, 2.24) is 10.4 Å². The van der Waals surface area contributed by atoms with Gasteiger partial charge >= 0.3 is 6.09 Å². The van der Waals surface area contributed by atoms with E-state index in [9.17, 15) is 13.6 Å². The minimum atomic E-state index is -2.23. The molecule has 0 radical (unpaired) electrons. The van der Waals surface area contributed by atoms with E-state index in [0.717, 1.165) is 5.57 Å². The molecular formula is C17H26N4O4S. The minimum Gasteiger partial charge on any atom is -0.442 e. The van der Waals surface area contributed by atoms with Gasteiger partial charge in [-0.25, -0.2) is 19.4 Å². The Bertz CT molecular complexity index is 727. The van der Waals surface area contributed by atoms with Gasteiger partial charge in [-0.2, -0.15) is 0 Å². The summed E-state index contributed by atoms with van der Waals surface area (Å²) in [4.78, 5) is 12.4. The molecule has 1 aliphatic rings. The van der Waals surface area contributed by atoms with Crippen molar-refractivity contribution in [2.45, 2.75) is 46.3 Å². The summed E-state index contributed by atoms with van der Waals surface area (Å²) in [6, 6.07) is 6.50. The highest BCUT2D eigenvalue weighted by Crippen LogP contribution is 2.26. The molecule has 0 aliphatic carbocycles. The Morgan fingerprint density at radius 3 is 2.46 bits per heavy atom. The lowest BCUT2D eigenvalue weighted by molar-refractivity contribution is 0.0238. The molecule has 0 saturated heterocycles. The van der Waals surface area contributed by atoms with Gasteiger partial charge in [-0.15, -0.1) is 0 Å². The summed E-state index contributed by atoms with van der Waals surface area (Å²) in [6.07, 6.45) is -0.513. The second kappa shape index (κ2) is 7.65. The van der Waals surface area contributed by atoms with Gasteiger partial charge in [0.15, 0.2) is 0 Å². The first-order chi connectivity index (χ1) is 12.0. The lowest BCUT2D eigenvalue weighted by atomic mass is 10.1. The predicted molar refractivity (Wildman–Crippen MR) is 102 cm³/mol. The molecule has 4 N–H and O–H groups in total. The molecule has 26 heavy (non-hydrogen) atoms. The number of nitrogens with one attached hydrogen (secondary N) is 1. The molecule has 0 saturated carbocycles. The number of carbonyl (C=O) groups excluding carboxylic acids is 1. The number of hydrogen-bond donors (Lipinski definition) is 3. The van der Waals surface area contributed by atoms with E-state index in [1.807, 2.05) is 6.92 Å². The van der Waals surface area contributed by atoms with Gasteiger partial charge in [-0.1, -0.05) is 0 Å². The largest absolute Gasteiger partial charge is 0.442 e. The van der Waals surface area contributed by atoms with E-state index in [1.54, 1.807) is 52.0 Å². The van der Waals surface area contributed by atoms with Gasteiger partial charge in [0.1, 0.15) is 5.60 Å². The zero-order chi connectivity index (χ0) is 19.6. The van der Waals surface area contributed by atoms with Crippen LogP contribution >= 0.6 is 0 Å². The van der Waals surface area contributed by atoms with E-state index >= 15 is 0 Å². The van der Waals surface area contributed by atoms with E-state index in [4.69, 9.17) is 10.5 Å². The fraction of sp³-hybridized carbons (Fsp3) is 0.471. The van der Waals surface area contributed by atoms with Crippen LogP contribution in [0.4, 0.5) is 16.2 Å². The van der Waals surface area contributed by atoms with Crippen LogP contribution in [0.2, 0.25) is 0 Å². The van der Waals surface area contributed by atoms with E-state index in [1.165, 1.54) is 9.31 Å². The average molecular weight is 382 g/mol. The van der Waals surface area contributed by atoms with Gasteiger partial charge in [0.25, 0.3) is 11.3 Å². The lowest BCUT2D eigenvalue weighted by Crippen LogP contribution is -2.43. The molecule has 2 rings (SSSR count). The quantitative estimate of drug-likeness (QED) is 0.546. The van der Waals surface area contributed by atoms with Crippen LogP contribution in [0.1, 0.15) is 34.6 Å². The number of carbonyl (C=O) groups is 1. The van der Waals surface area contributed by atoms with Crippen LogP contribution in [-0.2, 0) is 16.0 Å². The summed E-state index contributed by atoms with van der Waals surface area (Å²) in [7, 11) is 0. The molecule has 0 bridgehead atoms. The summed E-state index contributed by atoms with van der Waals surface area (Å²) in [5, 5.41) is 1.34. The normalized spacial score (nSPS) is 18.8. The van der Waals surface area contributed by atoms with Crippen molar-refractivity contribution in [1.29, 1.82) is 0 Å². The number of rotatable bonds is 4. The molecule has 0 aromatic heterocycles. The molecule has 1 aromatic carbocycles. The SMILES string of the molecule is CC1=C(CN(c2ccc(N)cc2)S(=O)O)C(C)NN1C(=O)OC(C)(C)C. The number of ether oxygens (including phenoxy) is 1. The van der Waals surface area contributed by atoms with Crippen LogP contribution in [0.25, 0.3) is 0 Å². The molecule has 1 amide bonds. The fourth-order valence-corrected chi connectivity index (χ4v) is 3.16. The Hall–Kier alpha value is -2.10. The topological polar surface area (TPSA) is 108 Å². The third-order valence-electron chi connectivity index (χ3n) is 3.91. The van der Waals surface area contributed by atoms with Gasteiger partial charge in [-0.3, -0.25) is 8.86 Å². The first-order valence-electron chi connectivity index (χ1n) is 8.22. The molecule has 0 fully saturated rings. The van der Waals surface area contributed by atoms with Crippen molar-refractivity contribution < 1.29 is 18.3 Å². The first-order valence-corrected chi connectivity index (χ1v) is 9.29. The maximum absolute atomic E-state index is 12.4. The standard InChI is InChI=1S/C17H26N4O4S/c1-11-15(12(2)21(19-11)16(22)25-17(3,4)5)10-20(26(23)24)14-8-6-13(18)7-9-14/h6-9,11,19H,10,18H2,1-5H3,(H,23,24). The van der Waals surface area contributed by atoms with Crippen molar-refractivity contribution >= 4 is 28.7 Å². The van der Waals surface area contributed by atoms with Crippen molar-refractivity contribution in [3.05, 3.63) is 35.5 Å². The second-order valence-electron chi connectivity index (χ2n) is 7.14. The molecule has 2 atom stereocenters. The number of amides is 1. The zero-order valence-corrected chi connectivity index (χ0v) is 16.5. The Morgan fingerprint density at radius 1 is 1.38 bits per heavy atom. The third-order valence-corrected chi connectivity index (χ3v) is 4.62. The maximum atomic E-state index is 12.4. The van der Waals surface area contributed by atoms with Gasteiger partial charge in [0.05, 0.1) is 12.2 Å². The van der Waals surface area contributed by atoms with Gasteiger partial charge in [-0.05, 0) is 64.5 Å². The van der Waals surface area contributed by atoms with E-state index in [2.05, 4.69) is 5.43 Å². The Labute approximate surface area is 156 Å². The molecule has 1 aromatic rings. The number of allylic oxidation sites excluding steroid dienone is 1. The number of nitrogen functional groups attached to an aromatic ring is 1. The minimum absolute atomic E-state index is 0.173. The lowest BCUT2D eigenvalue weighted by Gasteiger charge is -2.25. The number of hydrogen-bond acceptors (Lipinski definition) is 5. The molecule has 0 spiro atoms. The van der Waals surface area contributed by atoms with Gasteiger partial charge in [0.2, 0.25) is 0 Å². The third kappa shape index (κ3) is 4.75. The van der Waals surface area contributed by atoms with Crippen LogP contribution < -0.4 is 15.5 Å². The predicted octanol–water partition coefficient (Wildman–Crippen LogP) is 2.63. The summed E-state index contributed by atoms with van der Waals surface area (Å²) in [5.74, 6) is 0. The number of hydrazine groups is 1. The average Bonchev–Trinajstić information content (AvgIpc) is 2.79. The Kier molecular flexibility index (Phi) is 5.94. The molecule has 1 aliphatic heterocycles. The van der Waals surface area contributed by atoms with Crippen molar-refractivity contribution in [2.75, 3.05) is 16.6 Å². The number of benzene rings is 1. The summed E-state index contributed by atoms with van der Waals surface area (Å²) < 4.78 is 28.3. The zero-order valence-electron chi connectivity index (χ0n) is 15.6. The molecule has 2 unspecified atom stereocenters. The summed E-state index contributed by atoms with van der Waals surface area (Å²) >= 11 is -2.23. The molecule has 144 valence electrons. The monoisotopic (exact) mass is 382 g/mol. The van der Waals surface area contributed by atoms with Crippen LogP contribution in [-0.4, -0.2) is 38.1 Å². The summed E-state index contributed by atoms with van der Waals surface area (Å²) in [6.45, 7) is 9.21. The van der Waals surface area contributed by atoms with Crippen LogP contribution in [0.15, 0.2) is 35.5 Å². The molecular weight excluding hydrogens is 356 g/mol. The number of anilines is 2. The van der Waals surface area contributed by atoms with Gasteiger partial charge in [0, 0.05) is 17.4 Å². The first kappa shape index (κ1) is 20.2. The molecule has 1 heterocycles. The highest BCUT2D eigenvalue weighted by Gasteiger charge is 2.34. The highest BCUT2D eigenvalue weighted by atomic mass is 32.2. The molecule has 9 heteroatoms. The van der Waals surface area contributed by atoms with Crippen LogP contribution in [0, 0.1) is 0 Å². The van der Waals surface area contributed by atoms with E-state index in [-0.39, 0.29) is 12.6 Å². The smallest absolute Gasteiger partial charge is 0.429 e. The van der Waals surface area contributed by atoms with Crippen LogP contribution in [0.3, 0.4) is 0 Å². The van der Waals surface area contributed by atoms with E-state index in [0.29, 0.717) is 17.1 Å². The number of nitrogens with zero attached hydrogens (tertiary/aromatic N) is 2.